The Balaban J connectivity index is 2.18. The van der Waals surface area contributed by atoms with E-state index in [4.69, 9.17) is 0 Å². The van der Waals surface area contributed by atoms with Crippen molar-refractivity contribution < 1.29 is 0 Å². The van der Waals surface area contributed by atoms with Crippen molar-refractivity contribution in [3.05, 3.63) is 58.7 Å². The molecule has 3 aromatic carbocycles. The van der Waals surface area contributed by atoms with Crippen LogP contribution in [0.5, 0.6) is 0 Å². The second kappa shape index (κ2) is 2.95. The van der Waals surface area contributed by atoms with E-state index >= 15 is 0 Å². The van der Waals surface area contributed by atoms with E-state index in [9.17, 15) is 0 Å². The molecule has 0 unspecified atom stereocenters. The molecule has 0 heteroatoms. The van der Waals surface area contributed by atoms with Crippen LogP contribution in [0.15, 0.2) is 36.4 Å². The van der Waals surface area contributed by atoms with Crippen molar-refractivity contribution in [3.8, 4) is 0 Å². The lowest BCUT2D eigenvalue weighted by molar-refractivity contribution is 0.968. The molecule has 0 atom stereocenters. The molecule has 0 amide bonds. The molecule has 2 aliphatic rings. The van der Waals surface area contributed by atoms with E-state index in [-0.39, 0.29) is 0 Å². The number of benzene rings is 3. The zero-order valence-electron chi connectivity index (χ0n) is 10.3. The van der Waals surface area contributed by atoms with Crippen LogP contribution < -0.4 is 0 Å². The summed E-state index contributed by atoms with van der Waals surface area (Å²) >= 11 is 0. The normalized spacial score (nSPS) is 16.0. The Morgan fingerprint density at radius 1 is 0.556 bits per heavy atom. The monoisotopic (exact) mass is 230 g/mol. The molecule has 0 saturated heterocycles. The number of rotatable bonds is 0. The van der Waals surface area contributed by atoms with E-state index < -0.39 is 0 Å². The molecule has 0 spiro atoms. The molecule has 0 heterocycles. The molecule has 0 radical (unpaired) electrons. The molecule has 0 bridgehead atoms. The first-order chi connectivity index (χ1) is 8.93. The van der Waals surface area contributed by atoms with Crippen LogP contribution in [0.25, 0.3) is 21.5 Å². The van der Waals surface area contributed by atoms with Gasteiger partial charge in [-0.05, 0) is 69.5 Å². The summed E-state index contributed by atoms with van der Waals surface area (Å²) < 4.78 is 0. The summed E-state index contributed by atoms with van der Waals surface area (Å²) in [6.07, 6.45) is 5.00. The lowest BCUT2D eigenvalue weighted by Crippen LogP contribution is -1.90. The van der Waals surface area contributed by atoms with Crippen molar-refractivity contribution in [1.29, 1.82) is 0 Å². The molecule has 5 rings (SSSR count). The number of aryl methyl sites for hydroxylation is 4. The zero-order chi connectivity index (χ0) is 11.7. The predicted molar refractivity (Wildman–Crippen MR) is 76.3 cm³/mol. The molecule has 0 saturated carbocycles. The summed E-state index contributed by atoms with van der Waals surface area (Å²) in [5, 5.41) is 6.14. The van der Waals surface area contributed by atoms with Crippen molar-refractivity contribution in [2.45, 2.75) is 25.7 Å². The van der Waals surface area contributed by atoms with Gasteiger partial charge in [0, 0.05) is 0 Å². The average Bonchev–Trinajstić information content (AvgIpc) is 3.01. The quantitative estimate of drug-likeness (QED) is 0.508. The first-order valence-corrected chi connectivity index (χ1v) is 6.90. The Bertz CT molecular complexity index is 754. The van der Waals surface area contributed by atoms with Gasteiger partial charge in [0.1, 0.15) is 0 Å². The Morgan fingerprint density at radius 2 is 1.06 bits per heavy atom. The summed E-state index contributed by atoms with van der Waals surface area (Å²) in [5.41, 5.74) is 6.46. The van der Waals surface area contributed by atoms with Crippen LogP contribution in [0.3, 0.4) is 0 Å². The van der Waals surface area contributed by atoms with Gasteiger partial charge in [-0.2, -0.15) is 0 Å². The summed E-state index contributed by atoms with van der Waals surface area (Å²) in [7, 11) is 0. The second-order valence-corrected chi connectivity index (χ2v) is 5.64. The van der Waals surface area contributed by atoms with E-state index in [2.05, 4.69) is 36.4 Å². The maximum atomic E-state index is 2.32. The van der Waals surface area contributed by atoms with Crippen molar-refractivity contribution in [2.24, 2.45) is 0 Å². The Morgan fingerprint density at radius 3 is 1.56 bits per heavy atom. The highest BCUT2D eigenvalue weighted by molar-refractivity contribution is 6.14. The maximum Gasteiger partial charge on any atom is -0.00996 e. The summed E-state index contributed by atoms with van der Waals surface area (Å²) in [6.45, 7) is 0. The third-order valence-electron chi connectivity index (χ3n) is 4.85. The maximum absolute atomic E-state index is 2.32. The second-order valence-electron chi connectivity index (χ2n) is 5.64. The summed E-state index contributed by atoms with van der Waals surface area (Å²) in [5.74, 6) is 0. The van der Waals surface area contributed by atoms with Gasteiger partial charge in [-0.25, -0.2) is 0 Å². The van der Waals surface area contributed by atoms with Gasteiger partial charge in [0.25, 0.3) is 0 Å². The first kappa shape index (κ1) is 9.16. The van der Waals surface area contributed by atoms with Crippen LogP contribution in [0.2, 0.25) is 0 Å². The van der Waals surface area contributed by atoms with Gasteiger partial charge in [0.15, 0.2) is 0 Å². The van der Waals surface area contributed by atoms with Crippen molar-refractivity contribution >= 4 is 21.5 Å². The third kappa shape index (κ3) is 0.905. The Kier molecular flexibility index (Phi) is 1.50. The molecular weight excluding hydrogens is 216 g/mol. The van der Waals surface area contributed by atoms with Crippen LogP contribution in [0.4, 0.5) is 0 Å². The first-order valence-electron chi connectivity index (χ1n) is 6.90. The number of hydrogen-bond acceptors (Lipinski definition) is 0. The highest BCUT2D eigenvalue weighted by Gasteiger charge is 2.24. The largest absolute Gasteiger partial charge is 0.0613 e. The highest BCUT2D eigenvalue weighted by atomic mass is 14.3. The minimum absolute atomic E-state index is 1.24. The lowest BCUT2D eigenvalue weighted by atomic mass is 9.93. The van der Waals surface area contributed by atoms with E-state index in [0.29, 0.717) is 0 Å². The zero-order valence-corrected chi connectivity index (χ0v) is 10.3. The fraction of sp³-hybridized carbons (Fsp3) is 0.222. The van der Waals surface area contributed by atoms with Crippen molar-refractivity contribution in [1.82, 2.24) is 0 Å². The van der Waals surface area contributed by atoms with Gasteiger partial charge in [0.2, 0.25) is 0 Å². The van der Waals surface area contributed by atoms with Gasteiger partial charge in [-0.3, -0.25) is 0 Å². The van der Waals surface area contributed by atoms with Crippen molar-refractivity contribution in [3.63, 3.8) is 0 Å². The van der Waals surface area contributed by atoms with E-state index in [1.165, 1.54) is 36.5 Å². The molecule has 0 nitrogen and oxygen atoms in total. The lowest BCUT2D eigenvalue weighted by Gasteiger charge is -2.10. The van der Waals surface area contributed by atoms with Crippen LogP contribution in [0.1, 0.15) is 22.3 Å². The molecule has 0 N–H and O–H groups in total. The standard InChI is InChI=1S/C18H14/c1-3-11-7-9-15-16-10-8-12-4-2-6-14(18(12)16)13(5-1)17(11)15/h1-6H,7-10H2. The molecular formula is C18H14. The fourth-order valence-electron chi connectivity index (χ4n) is 4.15. The van der Waals surface area contributed by atoms with Crippen LogP contribution in [-0.4, -0.2) is 0 Å². The SMILES string of the molecule is c1cc2c3c(c4c5c(cccc5c3c1)CC4)CC2. The molecule has 18 heavy (non-hydrogen) atoms. The molecule has 0 fully saturated rings. The molecule has 86 valence electrons. The minimum atomic E-state index is 1.24. The average molecular weight is 230 g/mol. The van der Waals surface area contributed by atoms with Gasteiger partial charge < -0.3 is 0 Å². The van der Waals surface area contributed by atoms with Crippen LogP contribution in [-0.2, 0) is 25.7 Å². The minimum Gasteiger partial charge on any atom is -0.0613 e. The van der Waals surface area contributed by atoms with E-state index in [0.717, 1.165) is 0 Å². The molecule has 3 aromatic rings. The van der Waals surface area contributed by atoms with Gasteiger partial charge in [0.05, 0.1) is 0 Å². The third-order valence-corrected chi connectivity index (χ3v) is 4.85. The predicted octanol–water partition coefficient (Wildman–Crippen LogP) is 4.19. The van der Waals surface area contributed by atoms with Gasteiger partial charge >= 0.3 is 0 Å². The molecule has 2 aliphatic carbocycles. The highest BCUT2D eigenvalue weighted by Crippen LogP contribution is 2.43. The van der Waals surface area contributed by atoms with Gasteiger partial charge in [-0.1, -0.05) is 36.4 Å². The van der Waals surface area contributed by atoms with Crippen LogP contribution in [0, 0.1) is 0 Å². The van der Waals surface area contributed by atoms with Crippen molar-refractivity contribution in [2.75, 3.05) is 0 Å². The Labute approximate surface area is 106 Å². The van der Waals surface area contributed by atoms with E-state index in [1.54, 1.807) is 33.0 Å². The van der Waals surface area contributed by atoms with E-state index in [1.807, 2.05) is 0 Å². The smallest absolute Gasteiger partial charge is 0.00996 e. The molecule has 0 aliphatic heterocycles. The summed E-state index contributed by atoms with van der Waals surface area (Å²) in [4.78, 5) is 0. The number of hydrogen-bond donors (Lipinski definition) is 0. The number of fused-ring (bicyclic) bond motifs is 2. The molecule has 0 aromatic heterocycles. The fourth-order valence-corrected chi connectivity index (χ4v) is 4.15. The summed E-state index contributed by atoms with van der Waals surface area (Å²) in [6, 6.07) is 13.7. The topological polar surface area (TPSA) is 0 Å². The Hall–Kier alpha value is -1.82. The van der Waals surface area contributed by atoms with Gasteiger partial charge in [-0.15, -0.1) is 0 Å². The van der Waals surface area contributed by atoms with Crippen LogP contribution >= 0.6 is 0 Å².